The van der Waals surface area contributed by atoms with Crippen molar-refractivity contribution in [2.45, 2.75) is 19.0 Å². The molecule has 0 saturated carbocycles. The minimum absolute atomic E-state index is 0.0676. The predicted molar refractivity (Wildman–Crippen MR) is 73.0 cm³/mol. The summed E-state index contributed by atoms with van der Waals surface area (Å²) in [7, 11) is -4.40. The normalized spacial score (nSPS) is 20.2. The molecule has 7 nitrogen and oxygen atoms in total. The first-order valence-electron chi connectivity index (χ1n) is 6.60. The molecule has 11 heteroatoms. The average molecular weight is 354 g/mol. The minimum Gasteiger partial charge on any atom is -0.371 e. The summed E-state index contributed by atoms with van der Waals surface area (Å²) < 4.78 is 67.6. The molecule has 2 rings (SSSR count). The number of nitrogens with zero attached hydrogens (tertiary/aromatic N) is 2. The Morgan fingerprint density at radius 1 is 1.26 bits per heavy atom. The van der Waals surface area contributed by atoms with Gasteiger partial charge in [0.05, 0.1) is 10.8 Å². The third-order valence-electron chi connectivity index (χ3n) is 3.41. The van der Waals surface area contributed by atoms with Gasteiger partial charge in [-0.2, -0.15) is 25.9 Å². The first-order valence-corrected chi connectivity index (χ1v) is 7.97. The van der Waals surface area contributed by atoms with E-state index >= 15 is 0 Å². The zero-order chi connectivity index (χ0) is 17.3. The van der Waals surface area contributed by atoms with Gasteiger partial charge in [0, 0.05) is 25.2 Å². The fraction of sp³-hybridized carbons (Fsp3) is 0.500. The molecule has 0 aromatic heterocycles. The van der Waals surface area contributed by atoms with E-state index in [1.54, 1.807) is 0 Å². The lowest BCUT2D eigenvalue weighted by Gasteiger charge is -2.32. The fourth-order valence-corrected chi connectivity index (χ4v) is 3.39. The number of alkyl halides is 3. The maximum Gasteiger partial charge on any atom is 0.393 e. The quantitative estimate of drug-likeness (QED) is 0.612. The number of nitro groups is 1. The summed E-state index contributed by atoms with van der Waals surface area (Å²) >= 11 is 0. The van der Waals surface area contributed by atoms with Crippen LogP contribution in [0.4, 0.5) is 18.9 Å². The molecular weight excluding hydrogens is 341 g/mol. The van der Waals surface area contributed by atoms with Crippen LogP contribution in [-0.4, -0.2) is 36.9 Å². The van der Waals surface area contributed by atoms with Gasteiger partial charge in [-0.3, -0.25) is 10.1 Å². The number of halogens is 3. The predicted octanol–water partition coefficient (Wildman–Crippen LogP) is 2.49. The highest BCUT2D eigenvalue weighted by Crippen LogP contribution is 2.34. The van der Waals surface area contributed by atoms with Crippen LogP contribution in [0, 0.1) is 16.0 Å². The molecule has 0 aliphatic carbocycles. The van der Waals surface area contributed by atoms with Gasteiger partial charge in [-0.05, 0) is 25.0 Å². The van der Waals surface area contributed by atoms with Crippen molar-refractivity contribution in [3.8, 4) is 5.75 Å². The molecule has 1 saturated heterocycles. The van der Waals surface area contributed by atoms with Gasteiger partial charge in [0.1, 0.15) is 5.75 Å². The van der Waals surface area contributed by atoms with Gasteiger partial charge in [-0.1, -0.05) is 0 Å². The van der Waals surface area contributed by atoms with E-state index in [9.17, 15) is 31.7 Å². The minimum atomic E-state index is -4.47. The number of hydrogen-bond acceptors (Lipinski definition) is 5. The molecule has 1 aromatic carbocycles. The molecule has 1 aliphatic heterocycles. The van der Waals surface area contributed by atoms with Crippen LogP contribution in [0.15, 0.2) is 24.3 Å². The molecule has 0 radical (unpaired) electrons. The van der Waals surface area contributed by atoms with Crippen LogP contribution in [0.2, 0.25) is 0 Å². The highest BCUT2D eigenvalue weighted by molar-refractivity contribution is 7.84. The van der Waals surface area contributed by atoms with Crippen LogP contribution in [0.1, 0.15) is 12.8 Å². The van der Waals surface area contributed by atoms with Crippen LogP contribution in [0.5, 0.6) is 5.75 Å². The maximum atomic E-state index is 12.7. The molecule has 1 atom stereocenters. The Morgan fingerprint density at radius 2 is 1.87 bits per heavy atom. The van der Waals surface area contributed by atoms with E-state index in [2.05, 4.69) is 0 Å². The number of hydrogen-bond donors (Lipinski definition) is 0. The Balaban J connectivity index is 2.10. The summed E-state index contributed by atoms with van der Waals surface area (Å²) in [6, 6.07) is 4.22. The van der Waals surface area contributed by atoms with E-state index in [1.807, 2.05) is 0 Å². The molecule has 23 heavy (non-hydrogen) atoms. The number of rotatable bonds is 4. The lowest BCUT2D eigenvalue weighted by atomic mass is 9.99. The summed E-state index contributed by atoms with van der Waals surface area (Å²) in [6.45, 7) is -0.763. The second kappa shape index (κ2) is 6.32. The first kappa shape index (κ1) is 17.5. The summed E-state index contributed by atoms with van der Waals surface area (Å²) in [5.74, 6) is -1.93. The van der Waals surface area contributed by atoms with Gasteiger partial charge in [0.2, 0.25) is 0 Å². The average Bonchev–Trinajstić information content (AvgIpc) is 2.46. The SMILES string of the molecule is O=[N+]([O-])c1ccc(OS(=O)(=O)N2CCC[C@H](C(F)(F)F)C2)cc1. The van der Waals surface area contributed by atoms with Crippen LogP contribution < -0.4 is 4.18 Å². The van der Waals surface area contributed by atoms with Gasteiger partial charge in [0.25, 0.3) is 5.69 Å². The zero-order valence-corrected chi connectivity index (χ0v) is 12.5. The Morgan fingerprint density at radius 3 is 2.39 bits per heavy atom. The number of nitro benzene ring substituents is 1. The standard InChI is InChI=1S/C12H13F3N2O5S/c13-12(14,15)9-2-1-7-16(8-9)23(20,21)22-11-5-3-10(4-6-11)17(18)19/h3-6,9H,1-2,7-8H2/t9-/m0/s1. The molecule has 1 aromatic rings. The zero-order valence-electron chi connectivity index (χ0n) is 11.7. The van der Waals surface area contributed by atoms with Crippen molar-refractivity contribution in [2.24, 2.45) is 5.92 Å². The Labute approximate surface area is 130 Å². The summed E-state index contributed by atoms with van der Waals surface area (Å²) in [5, 5.41) is 10.5. The molecule has 0 spiro atoms. The Kier molecular flexibility index (Phi) is 4.80. The summed E-state index contributed by atoms with van der Waals surface area (Å²) in [6.07, 6.45) is -4.53. The van der Waals surface area contributed by atoms with Crippen molar-refractivity contribution in [1.29, 1.82) is 0 Å². The second-order valence-corrected chi connectivity index (χ2v) is 6.57. The van der Waals surface area contributed by atoms with E-state index in [0.717, 1.165) is 24.3 Å². The number of non-ortho nitro benzene ring substituents is 1. The van der Waals surface area contributed by atoms with Gasteiger partial charge >= 0.3 is 16.5 Å². The van der Waals surface area contributed by atoms with Crippen molar-refractivity contribution in [3.05, 3.63) is 34.4 Å². The lowest BCUT2D eigenvalue weighted by Crippen LogP contribution is -2.45. The van der Waals surface area contributed by atoms with E-state index < -0.39 is 33.9 Å². The maximum absolute atomic E-state index is 12.7. The Bertz CT molecular complexity index is 675. The molecule has 1 fully saturated rings. The van der Waals surface area contributed by atoms with Gasteiger partial charge in [0.15, 0.2) is 0 Å². The molecule has 128 valence electrons. The van der Waals surface area contributed by atoms with E-state index in [0.29, 0.717) is 4.31 Å². The molecule has 0 amide bonds. The largest absolute Gasteiger partial charge is 0.393 e. The number of piperidine rings is 1. The van der Waals surface area contributed by atoms with Gasteiger partial charge in [-0.25, -0.2) is 0 Å². The summed E-state index contributed by atoms with van der Waals surface area (Å²) in [5.41, 5.74) is -0.259. The van der Waals surface area contributed by atoms with Crippen molar-refractivity contribution in [1.82, 2.24) is 4.31 Å². The van der Waals surface area contributed by atoms with Crippen LogP contribution in [0.3, 0.4) is 0 Å². The molecule has 1 heterocycles. The lowest BCUT2D eigenvalue weighted by molar-refractivity contribution is -0.384. The van der Waals surface area contributed by atoms with Crippen molar-refractivity contribution in [2.75, 3.05) is 13.1 Å². The van der Waals surface area contributed by atoms with Crippen molar-refractivity contribution < 1.29 is 30.7 Å². The third kappa shape index (κ3) is 4.32. The van der Waals surface area contributed by atoms with Crippen LogP contribution in [-0.2, 0) is 10.3 Å². The second-order valence-electron chi connectivity index (χ2n) is 5.03. The monoisotopic (exact) mass is 354 g/mol. The summed E-state index contributed by atoms with van der Waals surface area (Å²) in [4.78, 5) is 9.84. The van der Waals surface area contributed by atoms with Gasteiger partial charge < -0.3 is 4.18 Å². The van der Waals surface area contributed by atoms with Crippen LogP contribution in [0.25, 0.3) is 0 Å². The molecule has 0 unspecified atom stereocenters. The molecule has 1 aliphatic rings. The first-order chi connectivity index (χ1) is 10.6. The molecular formula is C12H13F3N2O5S. The van der Waals surface area contributed by atoms with Gasteiger partial charge in [-0.15, -0.1) is 0 Å². The van der Waals surface area contributed by atoms with E-state index in [1.165, 1.54) is 0 Å². The van der Waals surface area contributed by atoms with Crippen molar-refractivity contribution in [3.63, 3.8) is 0 Å². The van der Waals surface area contributed by atoms with Crippen LogP contribution >= 0.6 is 0 Å². The fourth-order valence-electron chi connectivity index (χ4n) is 2.21. The highest BCUT2D eigenvalue weighted by Gasteiger charge is 2.44. The number of benzene rings is 1. The smallest absolute Gasteiger partial charge is 0.371 e. The van der Waals surface area contributed by atoms with E-state index in [-0.39, 0.29) is 30.8 Å². The Hall–Kier alpha value is -1.88. The molecule has 0 bridgehead atoms. The molecule has 0 N–H and O–H groups in total. The topological polar surface area (TPSA) is 89.7 Å². The highest BCUT2D eigenvalue weighted by atomic mass is 32.2. The van der Waals surface area contributed by atoms with E-state index in [4.69, 9.17) is 4.18 Å². The van der Waals surface area contributed by atoms with Crippen molar-refractivity contribution >= 4 is 16.0 Å². The third-order valence-corrected chi connectivity index (χ3v) is 4.78.